The monoisotopic (exact) mass is 302 g/mol. The minimum absolute atomic E-state index is 0.0433. The van der Waals surface area contributed by atoms with Crippen LogP contribution in [-0.4, -0.2) is 25.5 Å². The molecule has 0 fully saturated rings. The Kier molecular flexibility index (Phi) is 5.05. The van der Waals surface area contributed by atoms with Crippen molar-refractivity contribution in [2.45, 2.75) is 30.5 Å². The number of aliphatic carboxylic acids is 1. The fourth-order valence-corrected chi connectivity index (χ4v) is 3.76. The summed E-state index contributed by atoms with van der Waals surface area (Å²) in [7, 11) is -3.90. The molecule has 104 valence electrons. The summed E-state index contributed by atoms with van der Waals surface area (Å²) in [6.07, 6.45) is 0.199. The number of nitrogens with zero attached hydrogens (tertiary/aromatic N) is 1. The van der Waals surface area contributed by atoms with E-state index in [0.29, 0.717) is 0 Å². The molecule has 2 N–H and O–H groups in total. The van der Waals surface area contributed by atoms with Crippen LogP contribution in [0.3, 0.4) is 0 Å². The smallest absolute Gasteiger partial charge is 0.321 e. The summed E-state index contributed by atoms with van der Waals surface area (Å²) in [6, 6.07) is 3.35. The molecule has 1 aromatic rings. The van der Waals surface area contributed by atoms with Gasteiger partial charge in [0, 0.05) is 0 Å². The summed E-state index contributed by atoms with van der Waals surface area (Å²) >= 11 is 0.808. The van der Waals surface area contributed by atoms with E-state index in [-0.39, 0.29) is 21.4 Å². The molecule has 8 heteroatoms. The highest BCUT2D eigenvalue weighted by atomic mass is 32.2. The van der Waals surface area contributed by atoms with Crippen molar-refractivity contribution in [3.8, 4) is 6.07 Å². The molecule has 0 amide bonds. The van der Waals surface area contributed by atoms with Crippen molar-refractivity contribution in [2.24, 2.45) is 5.92 Å². The number of thiophene rings is 1. The van der Waals surface area contributed by atoms with Gasteiger partial charge >= 0.3 is 5.97 Å². The van der Waals surface area contributed by atoms with Crippen LogP contribution in [0.2, 0.25) is 0 Å². The first-order valence-corrected chi connectivity index (χ1v) is 7.81. The molecule has 0 unspecified atom stereocenters. The van der Waals surface area contributed by atoms with E-state index in [4.69, 9.17) is 10.4 Å². The first kappa shape index (κ1) is 15.6. The summed E-state index contributed by atoms with van der Waals surface area (Å²) in [6.45, 7) is 3.62. The molecule has 1 atom stereocenters. The van der Waals surface area contributed by atoms with Crippen LogP contribution in [0.5, 0.6) is 0 Å². The minimum atomic E-state index is -3.90. The average molecular weight is 302 g/mol. The molecule has 0 aliphatic heterocycles. The van der Waals surface area contributed by atoms with E-state index in [2.05, 4.69) is 4.72 Å². The molecular weight excluding hydrogens is 288 g/mol. The van der Waals surface area contributed by atoms with Crippen molar-refractivity contribution in [2.75, 3.05) is 0 Å². The van der Waals surface area contributed by atoms with Gasteiger partial charge in [-0.3, -0.25) is 4.79 Å². The maximum atomic E-state index is 12.0. The highest BCUT2D eigenvalue weighted by Gasteiger charge is 2.27. The first-order chi connectivity index (χ1) is 8.76. The zero-order chi connectivity index (χ0) is 14.6. The molecule has 1 heterocycles. The maximum Gasteiger partial charge on any atom is 0.321 e. The number of carboxylic acid groups (broad SMARTS) is 1. The normalized spacial score (nSPS) is 13.2. The molecule has 0 saturated carbocycles. The highest BCUT2D eigenvalue weighted by molar-refractivity contribution is 7.91. The lowest BCUT2D eigenvalue weighted by molar-refractivity contribution is -0.139. The van der Waals surface area contributed by atoms with E-state index < -0.39 is 22.0 Å². The van der Waals surface area contributed by atoms with Crippen LogP contribution in [0.4, 0.5) is 0 Å². The second kappa shape index (κ2) is 6.14. The third-order valence-corrected chi connectivity index (χ3v) is 5.21. The molecular formula is C11H14N2O4S2. The number of hydrogen-bond donors (Lipinski definition) is 2. The van der Waals surface area contributed by atoms with Gasteiger partial charge in [0.15, 0.2) is 0 Å². The van der Waals surface area contributed by atoms with Gasteiger partial charge in [-0.05, 0) is 24.5 Å². The summed E-state index contributed by atoms with van der Waals surface area (Å²) in [5, 5.41) is 17.7. The lowest BCUT2D eigenvalue weighted by Gasteiger charge is -2.15. The van der Waals surface area contributed by atoms with Gasteiger partial charge in [0.25, 0.3) is 10.0 Å². The van der Waals surface area contributed by atoms with Gasteiger partial charge < -0.3 is 5.11 Å². The topological polar surface area (TPSA) is 107 Å². The Balaban J connectivity index is 2.94. The van der Waals surface area contributed by atoms with Crippen LogP contribution in [0.1, 0.15) is 25.1 Å². The first-order valence-electron chi connectivity index (χ1n) is 5.51. The molecule has 19 heavy (non-hydrogen) atoms. The van der Waals surface area contributed by atoms with Crippen molar-refractivity contribution in [3.63, 3.8) is 0 Å². The highest BCUT2D eigenvalue weighted by Crippen LogP contribution is 2.21. The third kappa shape index (κ3) is 4.31. The number of nitrogens with one attached hydrogen (secondary N) is 1. The van der Waals surface area contributed by atoms with Gasteiger partial charge in [-0.25, -0.2) is 8.42 Å². The summed E-state index contributed by atoms with van der Waals surface area (Å²) < 4.78 is 26.1. The predicted molar refractivity (Wildman–Crippen MR) is 70.2 cm³/mol. The van der Waals surface area contributed by atoms with Crippen molar-refractivity contribution >= 4 is 27.3 Å². The standard InChI is InChI=1S/C11H14N2O4S2/c1-7(2)5-9(11(14)15)13-19(16,17)10-4-3-8(6-12)18-10/h3-4,7,9,13H,5H2,1-2H3,(H,14,15)/t9-/m1/s1. The summed E-state index contributed by atoms with van der Waals surface area (Å²) in [4.78, 5) is 11.3. The number of sulfonamides is 1. The van der Waals surface area contributed by atoms with Crippen LogP contribution in [-0.2, 0) is 14.8 Å². The molecule has 1 aromatic heterocycles. The number of carbonyl (C=O) groups is 1. The Morgan fingerprint density at radius 2 is 2.16 bits per heavy atom. The second-order valence-electron chi connectivity index (χ2n) is 4.37. The molecule has 0 aliphatic rings. The number of carboxylic acids is 1. The van der Waals surface area contributed by atoms with E-state index in [0.717, 1.165) is 11.3 Å². The largest absolute Gasteiger partial charge is 0.480 e. The molecule has 0 aromatic carbocycles. The van der Waals surface area contributed by atoms with Gasteiger partial charge in [0.2, 0.25) is 0 Å². The van der Waals surface area contributed by atoms with Gasteiger partial charge in [-0.1, -0.05) is 13.8 Å². The molecule has 0 saturated heterocycles. The van der Waals surface area contributed by atoms with E-state index in [1.54, 1.807) is 0 Å². The maximum absolute atomic E-state index is 12.0. The van der Waals surface area contributed by atoms with Crippen molar-refractivity contribution in [1.82, 2.24) is 4.72 Å². The number of hydrogen-bond acceptors (Lipinski definition) is 5. The average Bonchev–Trinajstić information content (AvgIpc) is 2.76. The summed E-state index contributed by atoms with van der Waals surface area (Å²) in [5.41, 5.74) is 0. The second-order valence-corrected chi connectivity index (χ2v) is 7.40. The Morgan fingerprint density at radius 3 is 2.58 bits per heavy atom. The Labute approximate surface area is 115 Å². The lowest BCUT2D eigenvalue weighted by atomic mass is 10.1. The fraction of sp³-hybridized carbons (Fsp3) is 0.455. The Hall–Kier alpha value is -1.43. The Bertz CT molecular complexity index is 598. The van der Waals surface area contributed by atoms with Crippen LogP contribution in [0.15, 0.2) is 16.3 Å². The van der Waals surface area contributed by atoms with E-state index in [1.165, 1.54) is 12.1 Å². The van der Waals surface area contributed by atoms with Crippen LogP contribution < -0.4 is 4.72 Å². The summed E-state index contributed by atoms with van der Waals surface area (Å²) in [5.74, 6) is -1.17. The molecule has 1 rings (SSSR count). The molecule has 0 bridgehead atoms. The van der Waals surface area contributed by atoms with E-state index >= 15 is 0 Å². The predicted octanol–water partition coefficient (Wildman–Crippen LogP) is 1.40. The minimum Gasteiger partial charge on any atom is -0.480 e. The molecule has 6 nitrogen and oxygen atoms in total. The number of nitriles is 1. The van der Waals surface area contributed by atoms with Gasteiger partial charge in [-0.15, -0.1) is 11.3 Å². The quantitative estimate of drug-likeness (QED) is 0.826. The van der Waals surface area contributed by atoms with Gasteiger partial charge in [0.05, 0.1) is 0 Å². The molecule has 0 aliphatic carbocycles. The van der Waals surface area contributed by atoms with Crippen LogP contribution in [0, 0.1) is 17.2 Å². The van der Waals surface area contributed by atoms with Crippen molar-refractivity contribution < 1.29 is 18.3 Å². The van der Waals surface area contributed by atoms with Gasteiger partial charge in [0.1, 0.15) is 21.2 Å². The van der Waals surface area contributed by atoms with E-state index in [9.17, 15) is 13.2 Å². The van der Waals surface area contributed by atoms with Crippen molar-refractivity contribution in [3.05, 3.63) is 17.0 Å². The number of rotatable bonds is 6. The van der Waals surface area contributed by atoms with E-state index in [1.807, 2.05) is 19.9 Å². The molecule has 0 spiro atoms. The zero-order valence-electron chi connectivity index (χ0n) is 10.5. The van der Waals surface area contributed by atoms with Crippen molar-refractivity contribution in [1.29, 1.82) is 5.26 Å². The third-order valence-electron chi connectivity index (χ3n) is 2.26. The Morgan fingerprint density at radius 1 is 1.53 bits per heavy atom. The lowest BCUT2D eigenvalue weighted by Crippen LogP contribution is -2.41. The van der Waals surface area contributed by atoms with Crippen LogP contribution >= 0.6 is 11.3 Å². The van der Waals surface area contributed by atoms with Gasteiger partial charge in [-0.2, -0.15) is 9.98 Å². The molecule has 0 radical (unpaired) electrons. The zero-order valence-corrected chi connectivity index (χ0v) is 12.1. The fourth-order valence-electron chi connectivity index (χ4n) is 1.44. The van der Waals surface area contributed by atoms with Crippen LogP contribution in [0.25, 0.3) is 0 Å². The SMILES string of the molecule is CC(C)C[C@@H](NS(=O)(=O)c1ccc(C#N)s1)C(=O)O.